The van der Waals surface area contributed by atoms with Gasteiger partial charge in [0, 0.05) is 68.5 Å². The van der Waals surface area contributed by atoms with E-state index in [0.717, 1.165) is 58.9 Å². The summed E-state index contributed by atoms with van der Waals surface area (Å²) in [5.74, 6) is 3.39. The largest absolute Gasteiger partial charge is 0.381 e. The number of aromatic nitrogens is 4. The molecule has 0 amide bonds. The van der Waals surface area contributed by atoms with Gasteiger partial charge in [0.15, 0.2) is 5.82 Å². The Morgan fingerprint density at radius 2 is 1.91 bits per heavy atom. The summed E-state index contributed by atoms with van der Waals surface area (Å²) in [7, 11) is 1.96. The van der Waals surface area contributed by atoms with Crippen molar-refractivity contribution in [1.82, 2.24) is 24.9 Å². The van der Waals surface area contributed by atoms with Crippen LogP contribution >= 0.6 is 11.3 Å². The van der Waals surface area contributed by atoms with Crippen molar-refractivity contribution < 1.29 is 4.74 Å². The fraction of sp³-hybridized carbons (Fsp3) is 0.519. The van der Waals surface area contributed by atoms with Crippen LogP contribution in [-0.2, 0) is 11.8 Å². The first-order valence-electron chi connectivity index (χ1n) is 12.9. The maximum Gasteiger partial charge on any atom is 0.157 e. The SMILES string of the molecule is Cn1cc2cc(-c3nnc(N[C@@H]4CC5CN(CC6CCOCC6)C[C@H]5C4)c4ccsc34)ccc2n1. The monoisotopic (exact) mass is 488 g/mol. The summed E-state index contributed by atoms with van der Waals surface area (Å²) in [6.07, 6.45) is 6.99. The molecular formula is C27H32N6OS. The molecule has 2 aliphatic heterocycles. The first-order chi connectivity index (χ1) is 17.2. The molecule has 1 saturated carbocycles. The predicted molar refractivity (Wildman–Crippen MR) is 141 cm³/mol. The number of rotatable bonds is 5. The van der Waals surface area contributed by atoms with Crippen LogP contribution in [0.25, 0.3) is 32.2 Å². The lowest BCUT2D eigenvalue weighted by Crippen LogP contribution is -2.32. The molecule has 1 N–H and O–H groups in total. The number of likely N-dealkylation sites (tertiary alicyclic amines) is 1. The molecule has 0 bridgehead atoms. The third-order valence-electron chi connectivity index (χ3n) is 8.30. The number of fused-ring (bicyclic) bond motifs is 3. The van der Waals surface area contributed by atoms with Crippen LogP contribution in [0.15, 0.2) is 35.8 Å². The van der Waals surface area contributed by atoms with Crippen molar-refractivity contribution in [1.29, 1.82) is 0 Å². The Labute approximate surface area is 209 Å². The molecule has 3 aromatic heterocycles. The minimum Gasteiger partial charge on any atom is -0.381 e. The first kappa shape index (κ1) is 21.7. The molecule has 0 spiro atoms. The van der Waals surface area contributed by atoms with Gasteiger partial charge in [-0.1, -0.05) is 6.07 Å². The van der Waals surface area contributed by atoms with Crippen molar-refractivity contribution in [2.24, 2.45) is 24.8 Å². The van der Waals surface area contributed by atoms with Gasteiger partial charge in [-0.05, 0) is 67.0 Å². The first-order valence-corrected chi connectivity index (χ1v) is 13.8. The zero-order chi connectivity index (χ0) is 23.4. The van der Waals surface area contributed by atoms with Crippen molar-refractivity contribution in [3.05, 3.63) is 35.8 Å². The molecule has 2 saturated heterocycles. The minimum atomic E-state index is 0.491. The van der Waals surface area contributed by atoms with Crippen LogP contribution in [0.2, 0.25) is 0 Å². The number of hydrogen-bond donors (Lipinski definition) is 1. The van der Waals surface area contributed by atoms with Crippen LogP contribution < -0.4 is 5.32 Å². The summed E-state index contributed by atoms with van der Waals surface area (Å²) in [6, 6.07) is 9.03. The molecule has 35 heavy (non-hydrogen) atoms. The summed E-state index contributed by atoms with van der Waals surface area (Å²) < 4.78 is 8.60. The molecule has 7 nitrogen and oxygen atoms in total. The van der Waals surface area contributed by atoms with Crippen LogP contribution in [0, 0.1) is 17.8 Å². The number of ether oxygens (including phenoxy) is 1. The Hall–Kier alpha value is -2.55. The minimum absolute atomic E-state index is 0.491. The van der Waals surface area contributed by atoms with E-state index in [0.29, 0.717) is 6.04 Å². The topological polar surface area (TPSA) is 68.1 Å². The quantitative estimate of drug-likeness (QED) is 0.436. The fourth-order valence-electron chi connectivity index (χ4n) is 6.62. The van der Waals surface area contributed by atoms with Gasteiger partial charge in [-0.15, -0.1) is 21.5 Å². The third-order valence-corrected chi connectivity index (χ3v) is 9.22. The number of hydrogen-bond acceptors (Lipinski definition) is 7. The van der Waals surface area contributed by atoms with E-state index in [-0.39, 0.29) is 0 Å². The maximum absolute atomic E-state index is 5.54. The standard InChI is InChI=1S/C27H32N6OS/c1-32-14-21-10-18(2-3-24(21)31-32)25-26-23(6-9-35-26)27(30-29-25)28-22-11-19-15-33(16-20(19)12-22)13-17-4-7-34-8-5-17/h2-3,6,9-10,14,17,19-20,22H,4-5,7-8,11-13,15-16H2,1H3,(H,28,30)/t19-,20?,22+/m1/s1. The molecule has 1 aliphatic carbocycles. The van der Waals surface area contributed by atoms with Gasteiger partial charge in [0.25, 0.3) is 0 Å². The highest BCUT2D eigenvalue weighted by Gasteiger charge is 2.41. The van der Waals surface area contributed by atoms with Crippen LogP contribution in [0.1, 0.15) is 25.7 Å². The Balaban J connectivity index is 1.05. The van der Waals surface area contributed by atoms with E-state index in [1.807, 2.05) is 11.7 Å². The van der Waals surface area contributed by atoms with Gasteiger partial charge in [-0.25, -0.2) is 0 Å². The Morgan fingerprint density at radius 3 is 2.74 bits per heavy atom. The van der Waals surface area contributed by atoms with Crippen LogP contribution in [0.3, 0.4) is 0 Å². The Kier molecular flexibility index (Phi) is 5.48. The molecule has 7 rings (SSSR count). The summed E-state index contributed by atoms with van der Waals surface area (Å²) in [5, 5.41) is 22.2. The van der Waals surface area contributed by atoms with Gasteiger partial charge >= 0.3 is 0 Å². The second-order valence-electron chi connectivity index (χ2n) is 10.7. The number of benzene rings is 1. The lowest BCUT2D eigenvalue weighted by molar-refractivity contribution is 0.0545. The van der Waals surface area contributed by atoms with Crippen molar-refractivity contribution >= 4 is 38.1 Å². The molecule has 8 heteroatoms. The summed E-state index contributed by atoms with van der Waals surface area (Å²) in [5.41, 5.74) is 3.05. The van der Waals surface area contributed by atoms with Crippen molar-refractivity contribution in [2.45, 2.75) is 31.7 Å². The maximum atomic E-state index is 5.54. The van der Waals surface area contributed by atoms with Crippen LogP contribution in [0.5, 0.6) is 0 Å². The van der Waals surface area contributed by atoms with Crippen LogP contribution in [-0.4, -0.2) is 63.8 Å². The summed E-state index contributed by atoms with van der Waals surface area (Å²) in [4.78, 5) is 2.73. The second kappa shape index (κ2) is 8.84. The molecule has 1 aromatic carbocycles. The smallest absolute Gasteiger partial charge is 0.157 e. The van der Waals surface area contributed by atoms with Gasteiger partial charge in [0.05, 0.1) is 10.2 Å². The van der Waals surface area contributed by atoms with Gasteiger partial charge < -0.3 is 15.0 Å². The van der Waals surface area contributed by atoms with Gasteiger partial charge in [-0.3, -0.25) is 4.68 Å². The van der Waals surface area contributed by atoms with E-state index in [1.165, 1.54) is 55.4 Å². The molecule has 3 aliphatic rings. The Morgan fingerprint density at radius 1 is 1.09 bits per heavy atom. The number of nitrogens with zero attached hydrogens (tertiary/aromatic N) is 5. The molecule has 0 radical (unpaired) electrons. The zero-order valence-electron chi connectivity index (χ0n) is 20.2. The average molecular weight is 489 g/mol. The van der Waals surface area contributed by atoms with Crippen LogP contribution in [0.4, 0.5) is 5.82 Å². The van der Waals surface area contributed by atoms with Crippen molar-refractivity contribution in [2.75, 3.05) is 38.2 Å². The van der Waals surface area contributed by atoms with Gasteiger partial charge in [-0.2, -0.15) is 5.10 Å². The number of thiophene rings is 1. The van der Waals surface area contributed by atoms with Gasteiger partial charge in [0.2, 0.25) is 0 Å². The van der Waals surface area contributed by atoms with Gasteiger partial charge in [0.1, 0.15) is 5.69 Å². The number of aryl methyl sites for hydroxylation is 1. The third kappa shape index (κ3) is 4.11. The van der Waals surface area contributed by atoms with E-state index in [1.54, 1.807) is 11.3 Å². The lowest BCUT2D eigenvalue weighted by atomic mass is 10.00. The zero-order valence-corrected chi connectivity index (χ0v) is 21.0. The van der Waals surface area contributed by atoms with E-state index in [9.17, 15) is 0 Å². The highest BCUT2D eigenvalue weighted by atomic mass is 32.1. The summed E-state index contributed by atoms with van der Waals surface area (Å²) >= 11 is 1.75. The molecule has 3 fully saturated rings. The lowest BCUT2D eigenvalue weighted by Gasteiger charge is -2.27. The number of anilines is 1. The van der Waals surface area contributed by atoms with E-state index in [4.69, 9.17) is 14.9 Å². The van der Waals surface area contributed by atoms with Crippen molar-refractivity contribution in [3.8, 4) is 11.3 Å². The Bertz CT molecular complexity index is 1340. The molecule has 3 atom stereocenters. The summed E-state index contributed by atoms with van der Waals surface area (Å²) in [6.45, 7) is 5.69. The average Bonchev–Trinajstić information content (AvgIpc) is 3.62. The normalized spacial score (nSPS) is 25.6. The van der Waals surface area contributed by atoms with E-state index in [2.05, 4.69) is 51.2 Å². The molecule has 182 valence electrons. The molecule has 4 aromatic rings. The fourth-order valence-corrected chi connectivity index (χ4v) is 7.52. The number of nitrogens with one attached hydrogen (secondary N) is 1. The van der Waals surface area contributed by atoms with E-state index >= 15 is 0 Å². The molecule has 1 unspecified atom stereocenters. The highest BCUT2D eigenvalue weighted by molar-refractivity contribution is 7.17. The predicted octanol–water partition coefficient (Wildman–Crippen LogP) is 4.79. The second-order valence-corrected chi connectivity index (χ2v) is 11.7. The highest BCUT2D eigenvalue weighted by Crippen LogP contribution is 2.41. The van der Waals surface area contributed by atoms with Crippen molar-refractivity contribution in [3.63, 3.8) is 0 Å². The molecular weight excluding hydrogens is 456 g/mol. The van der Waals surface area contributed by atoms with E-state index < -0.39 is 0 Å². The molecule has 5 heterocycles.